The van der Waals surface area contributed by atoms with Gasteiger partial charge in [-0.1, -0.05) is 128 Å². The second kappa shape index (κ2) is 15.5. The molecule has 0 bridgehead atoms. The number of hydrazine groups is 1. The summed E-state index contributed by atoms with van der Waals surface area (Å²) < 4.78 is 0. The lowest BCUT2D eigenvalue weighted by Crippen LogP contribution is -2.45. The number of carbonyl (C=O) groups is 2. The molecule has 1 saturated heterocycles. The summed E-state index contributed by atoms with van der Waals surface area (Å²) in [5.41, 5.74) is 9.63. The molecule has 1 amide bonds. The SMILES string of the molecule is O=C(NN1CCCCC1)c1cnc(-c2ccccc2)c(-c2ccccc2)n1.O=C(O)c1cnc(-c2ccccc2)c(-c2ccccc2)n1. The van der Waals surface area contributed by atoms with Crippen LogP contribution in [0.5, 0.6) is 0 Å². The highest BCUT2D eigenvalue weighted by Crippen LogP contribution is 2.30. The number of aromatic carboxylic acids is 1. The molecule has 238 valence electrons. The van der Waals surface area contributed by atoms with Gasteiger partial charge in [0.25, 0.3) is 5.91 Å². The molecule has 1 aliphatic rings. The molecule has 1 fully saturated rings. The Bertz CT molecular complexity index is 1970. The topological polar surface area (TPSA) is 121 Å². The van der Waals surface area contributed by atoms with Crippen LogP contribution in [0.1, 0.15) is 40.2 Å². The highest BCUT2D eigenvalue weighted by Gasteiger charge is 2.19. The third-order valence-corrected chi connectivity index (χ3v) is 7.80. The second-order valence-corrected chi connectivity index (χ2v) is 11.2. The molecule has 3 heterocycles. The van der Waals surface area contributed by atoms with Gasteiger partial charge in [0.2, 0.25) is 0 Å². The molecule has 0 radical (unpaired) electrons. The van der Waals surface area contributed by atoms with Gasteiger partial charge in [-0.3, -0.25) is 20.2 Å². The van der Waals surface area contributed by atoms with Crippen LogP contribution in [0.4, 0.5) is 0 Å². The van der Waals surface area contributed by atoms with E-state index >= 15 is 0 Å². The number of nitrogens with zero attached hydrogens (tertiary/aromatic N) is 5. The predicted octanol–water partition coefficient (Wildman–Crippen LogP) is 7.45. The standard InChI is InChI=1S/C22H22N4O.C17H12N2O2/c27-22(25-26-14-8-3-9-15-26)19-16-23-20(17-10-4-1-5-11-17)21(24-19)18-12-6-2-7-13-18;20-17(21)14-11-18-15(12-7-3-1-4-8-12)16(19-14)13-9-5-2-6-10-13/h1-2,4-7,10-13,16H,3,8-9,14-15H2,(H,25,27);1-11H,(H,20,21). The summed E-state index contributed by atoms with van der Waals surface area (Å²) in [6, 6.07) is 38.9. The average Bonchev–Trinajstić information content (AvgIpc) is 3.16. The van der Waals surface area contributed by atoms with Crippen molar-refractivity contribution in [1.29, 1.82) is 0 Å². The average molecular weight is 635 g/mol. The number of piperidine rings is 1. The van der Waals surface area contributed by atoms with Gasteiger partial charge in [0.15, 0.2) is 5.69 Å². The summed E-state index contributed by atoms with van der Waals surface area (Å²) in [6.07, 6.45) is 6.28. The van der Waals surface area contributed by atoms with Crippen molar-refractivity contribution in [2.45, 2.75) is 19.3 Å². The third kappa shape index (κ3) is 7.83. The van der Waals surface area contributed by atoms with Crippen LogP contribution in [-0.2, 0) is 0 Å². The molecular weight excluding hydrogens is 600 g/mol. The molecule has 0 unspecified atom stereocenters. The Morgan fingerprint density at radius 2 is 0.896 bits per heavy atom. The summed E-state index contributed by atoms with van der Waals surface area (Å²) in [7, 11) is 0. The molecule has 2 N–H and O–H groups in total. The summed E-state index contributed by atoms with van der Waals surface area (Å²) in [5, 5.41) is 11.1. The van der Waals surface area contributed by atoms with Gasteiger partial charge >= 0.3 is 5.97 Å². The maximum Gasteiger partial charge on any atom is 0.356 e. The van der Waals surface area contributed by atoms with E-state index in [2.05, 4.69) is 25.4 Å². The molecule has 0 atom stereocenters. The summed E-state index contributed by atoms with van der Waals surface area (Å²) in [4.78, 5) is 41.7. The molecule has 0 saturated carbocycles. The fraction of sp³-hybridized carbons (Fsp3) is 0.128. The zero-order valence-corrected chi connectivity index (χ0v) is 26.2. The van der Waals surface area contributed by atoms with Gasteiger partial charge in [-0.05, 0) is 12.8 Å². The summed E-state index contributed by atoms with van der Waals surface area (Å²) in [5.74, 6) is -1.29. The normalized spacial score (nSPS) is 12.8. The van der Waals surface area contributed by atoms with Crippen molar-refractivity contribution in [2.75, 3.05) is 13.1 Å². The second-order valence-electron chi connectivity index (χ2n) is 11.2. The Hall–Kier alpha value is -6.06. The first kappa shape index (κ1) is 31.9. The van der Waals surface area contributed by atoms with Gasteiger partial charge in [-0.25, -0.2) is 19.8 Å². The maximum absolute atomic E-state index is 12.7. The van der Waals surface area contributed by atoms with E-state index in [0.29, 0.717) is 22.8 Å². The number of carboxylic acids is 1. The lowest BCUT2D eigenvalue weighted by atomic mass is 10.0. The molecule has 9 nitrogen and oxygen atoms in total. The van der Waals surface area contributed by atoms with Gasteiger partial charge in [-0.2, -0.15) is 0 Å². The van der Waals surface area contributed by atoms with E-state index in [1.165, 1.54) is 12.6 Å². The van der Waals surface area contributed by atoms with Crippen molar-refractivity contribution in [3.8, 4) is 45.0 Å². The van der Waals surface area contributed by atoms with Gasteiger partial charge in [0.1, 0.15) is 5.69 Å². The summed E-state index contributed by atoms with van der Waals surface area (Å²) >= 11 is 0. The van der Waals surface area contributed by atoms with Crippen molar-refractivity contribution in [1.82, 2.24) is 30.4 Å². The fourth-order valence-corrected chi connectivity index (χ4v) is 5.41. The van der Waals surface area contributed by atoms with Crippen LogP contribution in [0, 0.1) is 0 Å². The van der Waals surface area contributed by atoms with Crippen molar-refractivity contribution in [3.63, 3.8) is 0 Å². The monoisotopic (exact) mass is 634 g/mol. The van der Waals surface area contributed by atoms with Crippen molar-refractivity contribution < 1.29 is 14.7 Å². The number of nitrogens with one attached hydrogen (secondary N) is 1. The highest BCUT2D eigenvalue weighted by molar-refractivity contribution is 5.93. The predicted molar refractivity (Wildman–Crippen MR) is 186 cm³/mol. The number of rotatable bonds is 7. The number of hydrogen-bond donors (Lipinski definition) is 2. The molecule has 48 heavy (non-hydrogen) atoms. The van der Waals surface area contributed by atoms with E-state index in [0.717, 1.165) is 53.9 Å². The van der Waals surface area contributed by atoms with E-state index < -0.39 is 5.97 Å². The zero-order valence-electron chi connectivity index (χ0n) is 26.2. The van der Waals surface area contributed by atoms with E-state index in [9.17, 15) is 9.59 Å². The maximum atomic E-state index is 12.7. The first-order valence-corrected chi connectivity index (χ1v) is 15.8. The fourth-order valence-electron chi connectivity index (χ4n) is 5.41. The van der Waals surface area contributed by atoms with E-state index in [-0.39, 0.29) is 11.6 Å². The quantitative estimate of drug-likeness (QED) is 0.186. The van der Waals surface area contributed by atoms with Gasteiger partial charge in [-0.15, -0.1) is 0 Å². The lowest BCUT2D eigenvalue weighted by Gasteiger charge is -2.26. The molecule has 9 heteroatoms. The molecule has 1 aliphatic heterocycles. The van der Waals surface area contributed by atoms with Gasteiger partial charge < -0.3 is 5.11 Å². The molecular formula is C39H34N6O3. The Morgan fingerprint density at radius 3 is 1.31 bits per heavy atom. The number of carboxylic acid groups (broad SMARTS) is 1. The number of hydrogen-bond acceptors (Lipinski definition) is 7. The molecule has 0 aliphatic carbocycles. The molecule has 2 aromatic heterocycles. The van der Waals surface area contributed by atoms with Crippen LogP contribution in [0.15, 0.2) is 134 Å². The first-order chi connectivity index (χ1) is 23.6. The lowest BCUT2D eigenvalue weighted by molar-refractivity contribution is 0.0688. The number of carbonyl (C=O) groups excluding carboxylic acids is 1. The number of aromatic nitrogens is 4. The molecule has 0 spiro atoms. The van der Waals surface area contributed by atoms with Crippen LogP contribution in [0.3, 0.4) is 0 Å². The smallest absolute Gasteiger partial charge is 0.356 e. The highest BCUT2D eigenvalue weighted by atomic mass is 16.4. The zero-order chi connectivity index (χ0) is 33.1. The minimum atomic E-state index is -1.08. The van der Waals surface area contributed by atoms with Crippen LogP contribution in [0.25, 0.3) is 45.0 Å². The van der Waals surface area contributed by atoms with E-state index in [4.69, 9.17) is 5.11 Å². The van der Waals surface area contributed by atoms with Crippen LogP contribution in [-0.4, -0.2) is 55.0 Å². The minimum absolute atomic E-state index is 0.0615. The Kier molecular flexibility index (Phi) is 10.3. The Balaban J connectivity index is 0.000000173. The largest absolute Gasteiger partial charge is 0.476 e. The van der Waals surface area contributed by atoms with Crippen molar-refractivity contribution in [2.24, 2.45) is 0 Å². The van der Waals surface area contributed by atoms with E-state index in [1.54, 1.807) is 6.20 Å². The molecule has 6 aromatic rings. The minimum Gasteiger partial charge on any atom is -0.476 e. The van der Waals surface area contributed by atoms with Gasteiger partial charge in [0.05, 0.1) is 35.2 Å². The Labute approximate surface area is 279 Å². The number of amides is 1. The molecule has 4 aromatic carbocycles. The number of benzene rings is 4. The van der Waals surface area contributed by atoms with Gasteiger partial charge in [0, 0.05) is 35.3 Å². The first-order valence-electron chi connectivity index (χ1n) is 15.8. The van der Waals surface area contributed by atoms with Crippen molar-refractivity contribution in [3.05, 3.63) is 145 Å². The van der Waals surface area contributed by atoms with Crippen molar-refractivity contribution >= 4 is 11.9 Å². The van der Waals surface area contributed by atoms with Crippen LogP contribution < -0.4 is 5.43 Å². The third-order valence-electron chi connectivity index (χ3n) is 7.80. The van der Waals surface area contributed by atoms with Crippen LogP contribution >= 0.6 is 0 Å². The Morgan fingerprint density at radius 1 is 0.521 bits per heavy atom. The summed E-state index contributed by atoms with van der Waals surface area (Å²) in [6.45, 7) is 1.76. The van der Waals surface area contributed by atoms with E-state index in [1.807, 2.05) is 126 Å². The molecule has 7 rings (SSSR count). The van der Waals surface area contributed by atoms with Crippen LogP contribution in [0.2, 0.25) is 0 Å².